The number of aryl methyl sites for hydroxylation is 1. The van der Waals surface area contributed by atoms with Gasteiger partial charge in [0.1, 0.15) is 17.3 Å². The Bertz CT molecular complexity index is 1160. The molecule has 1 aromatic carbocycles. The molecule has 0 spiro atoms. The monoisotopic (exact) mass is 488 g/mol. The standard InChI is InChI=1S/C23H32N6O4S/c1-17(2)23-24-18(3)15-22(25-23)27-13-11-26(12-14-27)20-8-7-19(16-21(20)29(30)31)34(32,33)28-9-5-4-6-10-28/h7-8,15-17H,4-6,9-14H2,1-3H3. The summed E-state index contributed by atoms with van der Waals surface area (Å²) >= 11 is 0. The van der Waals surface area contributed by atoms with E-state index in [1.54, 1.807) is 6.07 Å². The van der Waals surface area contributed by atoms with Crippen LogP contribution in [0.15, 0.2) is 29.2 Å². The normalized spacial score (nSPS) is 17.9. The largest absolute Gasteiger partial charge is 0.362 e. The lowest BCUT2D eigenvalue weighted by atomic mass is 10.2. The van der Waals surface area contributed by atoms with Crippen LogP contribution < -0.4 is 9.80 Å². The zero-order valence-electron chi connectivity index (χ0n) is 20.0. The van der Waals surface area contributed by atoms with Crippen molar-refractivity contribution in [3.63, 3.8) is 0 Å². The van der Waals surface area contributed by atoms with Gasteiger partial charge in [0.15, 0.2) is 0 Å². The summed E-state index contributed by atoms with van der Waals surface area (Å²) in [5.74, 6) is 1.90. The topological polar surface area (TPSA) is 113 Å². The van der Waals surface area contributed by atoms with E-state index in [-0.39, 0.29) is 16.5 Å². The molecule has 1 aromatic heterocycles. The molecule has 2 aromatic rings. The number of aromatic nitrogens is 2. The molecule has 3 heterocycles. The lowest BCUT2D eigenvalue weighted by molar-refractivity contribution is -0.384. The zero-order valence-corrected chi connectivity index (χ0v) is 20.8. The Morgan fingerprint density at radius 1 is 0.941 bits per heavy atom. The Kier molecular flexibility index (Phi) is 7.04. The molecule has 0 unspecified atom stereocenters. The van der Waals surface area contributed by atoms with Gasteiger partial charge in [-0.15, -0.1) is 0 Å². The van der Waals surface area contributed by atoms with Crippen molar-refractivity contribution in [1.29, 1.82) is 0 Å². The van der Waals surface area contributed by atoms with Crippen LogP contribution in [-0.4, -0.2) is 66.9 Å². The fourth-order valence-corrected chi connectivity index (χ4v) is 6.04. The van der Waals surface area contributed by atoms with Crippen LogP contribution in [0.4, 0.5) is 17.2 Å². The van der Waals surface area contributed by atoms with Gasteiger partial charge in [-0.3, -0.25) is 10.1 Å². The first-order valence-electron chi connectivity index (χ1n) is 11.8. The lowest BCUT2D eigenvalue weighted by Crippen LogP contribution is -2.47. The number of piperazine rings is 1. The maximum atomic E-state index is 13.0. The Balaban J connectivity index is 1.54. The summed E-state index contributed by atoms with van der Waals surface area (Å²) in [6.45, 7) is 9.43. The van der Waals surface area contributed by atoms with E-state index in [2.05, 4.69) is 23.7 Å². The predicted molar refractivity (Wildman–Crippen MR) is 131 cm³/mol. The highest BCUT2D eigenvalue weighted by atomic mass is 32.2. The number of hydrogen-bond donors (Lipinski definition) is 0. The Labute approximate surface area is 200 Å². The Morgan fingerprint density at radius 2 is 1.59 bits per heavy atom. The van der Waals surface area contributed by atoms with Crippen LogP contribution in [0.2, 0.25) is 0 Å². The number of rotatable bonds is 6. The molecule has 2 fully saturated rings. The minimum Gasteiger partial charge on any atom is -0.362 e. The summed E-state index contributed by atoms with van der Waals surface area (Å²) in [7, 11) is -3.74. The number of anilines is 2. The molecule has 2 aliphatic heterocycles. The molecule has 0 aliphatic carbocycles. The molecule has 11 heteroatoms. The van der Waals surface area contributed by atoms with E-state index < -0.39 is 14.9 Å². The molecule has 10 nitrogen and oxygen atoms in total. The smallest absolute Gasteiger partial charge is 0.293 e. The van der Waals surface area contributed by atoms with Crippen molar-refractivity contribution in [1.82, 2.24) is 14.3 Å². The average Bonchev–Trinajstić information content (AvgIpc) is 2.84. The maximum Gasteiger partial charge on any atom is 0.293 e. The third-order valence-electron chi connectivity index (χ3n) is 6.42. The predicted octanol–water partition coefficient (Wildman–Crippen LogP) is 3.32. The Hall–Kier alpha value is -2.79. The van der Waals surface area contributed by atoms with Gasteiger partial charge in [0.2, 0.25) is 10.0 Å². The van der Waals surface area contributed by atoms with E-state index in [1.165, 1.54) is 16.4 Å². The SMILES string of the molecule is Cc1cc(N2CCN(c3ccc(S(=O)(=O)N4CCCCC4)cc3[N+](=O)[O-])CC2)nc(C(C)C)n1. The molecule has 2 aliphatic rings. The summed E-state index contributed by atoms with van der Waals surface area (Å²) in [6, 6.07) is 6.26. The van der Waals surface area contributed by atoms with Crippen molar-refractivity contribution in [3.05, 3.63) is 45.9 Å². The lowest BCUT2D eigenvalue weighted by Gasteiger charge is -2.36. The molecule has 0 saturated carbocycles. The number of benzene rings is 1. The van der Waals surface area contributed by atoms with Gasteiger partial charge in [-0.05, 0) is 31.9 Å². The van der Waals surface area contributed by atoms with Crippen LogP contribution in [0, 0.1) is 17.0 Å². The number of hydrogen-bond acceptors (Lipinski definition) is 8. The number of piperidine rings is 1. The van der Waals surface area contributed by atoms with E-state index in [4.69, 9.17) is 4.98 Å². The highest BCUT2D eigenvalue weighted by Gasteiger charge is 2.30. The summed E-state index contributed by atoms with van der Waals surface area (Å²) < 4.78 is 27.5. The summed E-state index contributed by atoms with van der Waals surface area (Å²) in [5.41, 5.74) is 1.19. The van der Waals surface area contributed by atoms with Gasteiger partial charge in [0, 0.05) is 63.0 Å². The van der Waals surface area contributed by atoms with E-state index in [0.29, 0.717) is 45.0 Å². The molecule has 4 rings (SSSR count). The van der Waals surface area contributed by atoms with Gasteiger partial charge in [-0.1, -0.05) is 20.3 Å². The first kappa shape index (κ1) is 24.3. The second kappa shape index (κ2) is 9.83. The number of sulfonamides is 1. The van der Waals surface area contributed by atoms with Crippen molar-refractivity contribution in [2.45, 2.75) is 50.8 Å². The molecule has 0 bridgehead atoms. The van der Waals surface area contributed by atoms with Crippen LogP contribution >= 0.6 is 0 Å². The molecular weight excluding hydrogens is 456 g/mol. The number of nitro groups is 1. The summed E-state index contributed by atoms with van der Waals surface area (Å²) in [6.07, 6.45) is 2.63. The van der Waals surface area contributed by atoms with Crippen molar-refractivity contribution < 1.29 is 13.3 Å². The number of nitrogens with zero attached hydrogens (tertiary/aromatic N) is 6. The van der Waals surface area contributed by atoms with E-state index in [0.717, 1.165) is 36.6 Å². The first-order valence-corrected chi connectivity index (χ1v) is 13.2. The van der Waals surface area contributed by atoms with E-state index in [9.17, 15) is 18.5 Å². The average molecular weight is 489 g/mol. The quantitative estimate of drug-likeness (QED) is 0.450. The van der Waals surface area contributed by atoms with Crippen molar-refractivity contribution in [2.75, 3.05) is 49.1 Å². The van der Waals surface area contributed by atoms with Gasteiger partial charge >= 0.3 is 0 Å². The van der Waals surface area contributed by atoms with E-state index >= 15 is 0 Å². The highest BCUT2D eigenvalue weighted by molar-refractivity contribution is 7.89. The highest BCUT2D eigenvalue weighted by Crippen LogP contribution is 2.33. The molecule has 0 amide bonds. The fourth-order valence-electron chi connectivity index (χ4n) is 4.50. The molecule has 184 valence electrons. The second-order valence-corrected chi connectivity index (χ2v) is 11.2. The molecule has 0 N–H and O–H groups in total. The Morgan fingerprint density at radius 3 is 2.21 bits per heavy atom. The summed E-state index contributed by atoms with van der Waals surface area (Å²) in [4.78, 5) is 24.7. The third kappa shape index (κ3) is 5.00. The molecule has 0 atom stereocenters. The van der Waals surface area contributed by atoms with Gasteiger partial charge in [-0.25, -0.2) is 18.4 Å². The molecule has 0 radical (unpaired) electrons. The van der Waals surface area contributed by atoms with Crippen LogP contribution in [0.3, 0.4) is 0 Å². The minimum atomic E-state index is -3.74. The van der Waals surface area contributed by atoms with Crippen molar-refractivity contribution in [3.8, 4) is 0 Å². The maximum absolute atomic E-state index is 13.0. The van der Waals surface area contributed by atoms with Crippen LogP contribution in [-0.2, 0) is 10.0 Å². The molecule has 34 heavy (non-hydrogen) atoms. The first-order chi connectivity index (χ1) is 16.2. The van der Waals surface area contributed by atoms with Gasteiger partial charge in [0.05, 0.1) is 9.82 Å². The van der Waals surface area contributed by atoms with Gasteiger partial charge in [0.25, 0.3) is 5.69 Å². The minimum absolute atomic E-state index is 0.0128. The van der Waals surface area contributed by atoms with Gasteiger partial charge in [-0.2, -0.15) is 4.31 Å². The third-order valence-corrected chi connectivity index (χ3v) is 8.31. The van der Waals surface area contributed by atoms with Crippen LogP contribution in [0.25, 0.3) is 0 Å². The molecular formula is C23H32N6O4S. The summed E-state index contributed by atoms with van der Waals surface area (Å²) in [5, 5.41) is 11.9. The van der Waals surface area contributed by atoms with Crippen LogP contribution in [0.5, 0.6) is 0 Å². The van der Waals surface area contributed by atoms with Crippen molar-refractivity contribution in [2.24, 2.45) is 0 Å². The van der Waals surface area contributed by atoms with E-state index in [1.807, 2.05) is 17.9 Å². The molecule has 2 saturated heterocycles. The zero-order chi connectivity index (χ0) is 24.5. The van der Waals surface area contributed by atoms with Gasteiger partial charge < -0.3 is 9.80 Å². The number of nitro benzene ring substituents is 1. The van der Waals surface area contributed by atoms with Crippen LogP contribution in [0.1, 0.15) is 50.5 Å². The fraction of sp³-hybridized carbons (Fsp3) is 0.565. The van der Waals surface area contributed by atoms with Crippen molar-refractivity contribution >= 4 is 27.2 Å². The second-order valence-electron chi connectivity index (χ2n) is 9.23.